The quantitative estimate of drug-likeness (QED) is 0.910. The van der Waals surface area contributed by atoms with Crippen molar-refractivity contribution in [3.8, 4) is 0 Å². The van der Waals surface area contributed by atoms with E-state index in [1.807, 2.05) is 0 Å². The highest BCUT2D eigenvalue weighted by atomic mass is 35.5. The molecular weight excluding hydrogens is 290 g/mol. The summed E-state index contributed by atoms with van der Waals surface area (Å²) in [5.74, 6) is -0.969. The Balaban J connectivity index is 2.22. The maximum Gasteiger partial charge on any atom is 0.256 e. The average molecular weight is 304 g/mol. The van der Waals surface area contributed by atoms with Crippen molar-refractivity contribution in [2.45, 2.75) is 12.8 Å². The number of carbonyl (C=O) groups is 2. The van der Waals surface area contributed by atoms with Gasteiger partial charge in [0.15, 0.2) is 5.82 Å². The van der Waals surface area contributed by atoms with Crippen LogP contribution in [0.5, 0.6) is 0 Å². The van der Waals surface area contributed by atoms with Gasteiger partial charge in [0.25, 0.3) is 5.91 Å². The molecule has 0 aliphatic rings. The molecule has 0 unspecified atom stereocenters. The number of rotatable bonds is 4. The van der Waals surface area contributed by atoms with Gasteiger partial charge in [0.1, 0.15) is 0 Å². The maximum atomic E-state index is 12.2. The van der Waals surface area contributed by atoms with Crippen LogP contribution in [0, 0.1) is 0 Å². The van der Waals surface area contributed by atoms with Crippen molar-refractivity contribution in [3.05, 3.63) is 58.7 Å². The molecule has 2 amide bonds. The zero-order chi connectivity index (χ0) is 15.4. The second-order valence-corrected chi connectivity index (χ2v) is 4.94. The number of aromatic nitrogens is 1. The summed E-state index contributed by atoms with van der Waals surface area (Å²) < 4.78 is 0. The van der Waals surface area contributed by atoms with Crippen LogP contribution in [0.2, 0.25) is 5.02 Å². The molecule has 0 spiro atoms. The summed E-state index contributed by atoms with van der Waals surface area (Å²) in [6.07, 6.45) is 1.53. The standard InChI is InChI=1S/C15H14ClN3O2/c1-9(13(17)20)10-4-2-5-11(8-10)15(21)19-14-12(16)6-3-7-18-14/h2-9H,1H3,(H2,17,20)(H,18,19,21)/t9-/m1/s1. The van der Waals surface area contributed by atoms with Gasteiger partial charge in [-0.3, -0.25) is 9.59 Å². The van der Waals surface area contributed by atoms with E-state index in [0.29, 0.717) is 16.1 Å². The van der Waals surface area contributed by atoms with E-state index in [9.17, 15) is 9.59 Å². The lowest BCUT2D eigenvalue weighted by molar-refractivity contribution is -0.119. The molecule has 2 rings (SSSR count). The fourth-order valence-corrected chi connectivity index (χ4v) is 1.94. The normalized spacial score (nSPS) is 11.7. The molecule has 0 fully saturated rings. The van der Waals surface area contributed by atoms with Crippen LogP contribution in [0.25, 0.3) is 0 Å². The number of carbonyl (C=O) groups excluding carboxylic acids is 2. The van der Waals surface area contributed by atoms with Crippen molar-refractivity contribution < 1.29 is 9.59 Å². The van der Waals surface area contributed by atoms with Gasteiger partial charge in [-0.1, -0.05) is 23.7 Å². The summed E-state index contributed by atoms with van der Waals surface area (Å²) in [4.78, 5) is 27.4. The van der Waals surface area contributed by atoms with Crippen molar-refractivity contribution in [2.24, 2.45) is 5.73 Å². The molecule has 2 aromatic rings. The maximum absolute atomic E-state index is 12.2. The van der Waals surface area contributed by atoms with Gasteiger partial charge in [-0.2, -0.15) is 0 Å². The smallest absolute Gasteiger partial charge is 0.256 e. The monoisotopic (exact) mass is 303 g/mol. The fraction of sp³-hybridized carbons (Fsp3) is 0.133. The third kappa shape index (κ3) is 3.58. The molecule has 5 nitrogen and oxygen atoms in total. The van der Waals surface area contributed by atoms with E-state index >= 15 is 0 Å². The molecule has 0 bridgehead atoms. The van der Waals surface area contributed by atoms with E-state index in [2.05, 4.69) is 10.3 Å². The van der Waals surface area contributed by atoms with E-state index in [-0.39, 0.29) is 11.7 Å². The van der Waals surface area contributed by atoms with Crippen LogP contribution in [0.4, 0.5) is 5.82 Å². The predicted molar refractivity (Wildman–Crippen MR) is 81.3 cm³/mol. The predicted octanol–water partition coefficient (Wildman–Crippen LogP) is 2.58. The molecular formula is C15H14ClN3O2. The van der Waals surface area contributed by atoms with Crippen LogP contribution in [0.1, 0.15) is 28.8 Å². The lowest BCUT2D eigenvalue weighted by atomic mass is 9.98. The Labute approximate surface area is 127 Å². The molecule has 1 heterocycles. The summed E-state index contributed by atoms with van der Waals surface area (Å²) in [6.45, 7) is 1.69. The van der Waals surface area contributed by atoms with Gasteiger partial charge in [0.05, 0.1) is 10.9 Å². The van der Waals surface area contributed by atoms with E-state index in [1.165, 1.54) is 6.20 Å². The Kier molecular flexibility index (Phi) is 4.55. The van der Waals surface area contributed by atoms with Gasteiger partial charge in [-0.15, -0.1) is 0 Å². The molecule has 0 aliphatic carbocycles. The average Bonchev–Trinajstić information content (AvgIpc) is 2.48. The minimum atomic E-state index is -0.462. The van der Waals surface area contributed by atoms with Gasteiger partial charge >= 0.3 is 0 Å². The lowest BCUT2D eigenvalue weighted by Crippen LogP contribution is -2.19. The van der Waals surface area contributed by atoms with Gasteiger partial charge in [0.2, 0.25) is 5.91 Å². The molecule has 0 saturated carbocycles. The van der Waals surface area contributed by atoms with Crippen LogP contribution in [-0.4, -0.2) is 16.8 Å². The topological polar surface area (TPSA) is 85.1 Å². The number of primary amides is 1. The second-order valence-electron chi connectivity index (χ2n) is 4.54. The zero-order valence-electron chi connectivity index (χ0n) is 11.3. The lowest BCUT2D eigenvalue weighted by Gasteiger charge is -2.10. The van der Waals surface area contributed by atoms with Gasteiger partial charge in [0, 0.05) is 11.8 Å². The number of amides is 2. The highest BCUT2D eigenvalue weighted by Gasteiger charge is 2.14. The molecule has 1 atom stereocenters. The third-order valence-corrected chi connectivity index (χ3v) is 3.37. The van der Waals surface area contributed by atoms with Crippen LogP contribution in [0.3, 0.4) is 0 Å². The Bertz CT molecular complexity index is 688. The molecule has 6 heteroatoms. The summed E-state index contributed by atoms with van der Waals surface area (Å²) in [5, 5.41) is 2.98. The first-order chi connectivity index (χ1) is 9.99. The summed E-state index contributed by atoms with van der Waals surface area (Å²) in [6, 6.07) is 10.0. The van der Waals surface area contributed by atoms with Gasteiger partial charge in [-0.05, 0) is 36.8 Å². The second kappa shape index (κ2) is 6.37. The van der Waals surface area contributed by atoms with Crippen molar-refractivity contribution in [2.75, 3.05) is 5.32 Å². The van der Waals surface area contributed by atoms with Gasteiger partial charge < -0.3 is 11.1 Å². The number of hydrogen-bond donors (Lipinski definition) is 2. The number of nitrogens with zero attached hydrogens (tertiary/aromatic N) is 1. The number of pyridine rings is 1. The minimum Gasteiger partial charge on any atom is -0.369 e. The number of nitrogens with one attached hydrogen (secondary N) is 1. The molecule has 0 aliphatic heterocycles. The van der Waals surface area contributed by atoms with Crippen LogP contribution < -0.4 is 11.1 Å². The number of nitrogens with two attached hydrogens (primary N) is 1. The Hall–Kier alpha value is -2.40. The van der Waals surface area contributed by atoms with Crippen molar-refractivity contribution in [1.82, 2.24) is 4.98 Å². The third-order valence-electron chi connectivity index (χ3n) is 3.07. The zero-order valence-corrected chi connectivity index (χ0v) is 12.1. The number of benzene rings is 1. The van der Waals surface area contributed by atoms with E-state index in [1.54, 1.807) is 43.3 Å². The number of halogens is 1. The Morgan fingerprint density at radius 3 is 2.71 bits per heavy atom. The molecule has 1 aromatic carbocycles. The SMILES string of the molecule is C[C@@H](C(N)=O)c1cccc(C(=O)Nc2ncccc2Cl)c1. The van der Waals surface area contributed by atoms with Crippen molar-refractivity contribution in [3.63, 3.8) is 0 Å². The largest absolute Gasteiger partial charge is 0.369 e. The Morgan fingerprint density at radius 1 is 1.29 bits per heavy atom. The number of hydrogen-bond acceptors (Lipinski definition) is 3. The molecule has 108 valence electrons. The first-order valence-electron chi connectivity index (χ1n) is 6.30. The van der Waals surface area contributed by atoms with Crippen LogP contribution in [-0.2, 0) is 4.79 Å². The fourth-order valence-electron chi connectivity index (χ4n) is 1.77. The highest BCUT2D eigenvalue weighted by molar-refractivity contribution is 6.33. The minimum absolute atomic E-state index is 0.289. The Morgan fingerprint density at radius 2 is 2.05 bits per heavy atom. The first-order valence-corrected chi connectivity index (χ1v) is 6.68. The van der Waals surface area contributed by atoms with Crippen molar-refractivity contribution >= 4 is 29.2 Å². The van der Waals surface area contributed by atoms with Gasteiger partial charge in [-0.25, -0.2) is 4.98 Å². The first kappa shape index (κ1) is 15.0. The van der Waals surface area contributed by atoms with Crippen molar-refractivity contribution in [1.29, 1.82) is 0 Å². The van der Waals surface area contributed by atoms with E-state index < -0.39 is 11.8 Å². The summed E-state index contributed by atoms with van der Waals surface area (Å²) in [7, 11) is 0. The molecule has 0 radical (unpaired) electrons. The molecule has 21 heavy (non-hydrogen) atoms. The summed E-state index contributed by atoms with van der Waals surface area (Å²) >= 11 is 5.94. The number of anilines is 1. The van der Waals surface area contributed by atoms with E-state index in [4.69, 9.17) is 17.3 Å². The summed E-state index contributed by atoms with van der Waals surface area (Å²) in [5.41, 5.74) is 6.36. The molecule has 0 saturated heterocycles. The van der Waals surface area contributed by atoms with E-state index in [0.717, 1.165) is 0 Å². The molecule has 3 N–H and O–H groups in total. The van der Waals surface area contributed by atoms with Crippen LogP contribution in [0.15, 0.2) is 42.6 Å². The molecule has 1 aromatic heterocycles. The highest BCUT2D eigenvalue weighted by Crippen LogP contribution is 2.20. The van der Waals surface area contributed by atoms with Crippen LogP contribution >= 0.6 is 11.6 Å².